The molecular formula is C14H29F3O3SSi. The summed E-state index contributed by atoms with van der Waals surface area (Å²) >= 11 is 0. The van der Waals surface area contributed by atoms with Gasteiger partial charge in [-0.3, -0.25) is 0 Å². The van der Waals surface area contributed by atoms with Crippen molar-refractivity contribution < 1.29 is 25.5 Å². The fraction of sp³-hybridized carbons (Fsp3) is 1.00. The molecule has 0 heterocycles. The molecule has 0 aliphatic carbocycles. The van der Waals surface area contributed by atoms with Crippen LogP contribution in [0.25, 0.3) is 0 Å². The van der Waals surface area contributed by atoms with E-state index in [2.05, 4.69) is 10.8 Å². The van der Waals surface area contributed by atoms with Gasteiger partial charge in [0.05, 0.1) is 0 Å². The maximum atomic E-state index is 12.3. The second-order valence-corrected chi connectivity index (χ2v) is 12.4. The van der Waals surface area contributed by atoms with Crippen molar-refractivity contribution in [2.75, 3.05) is 0 Å². The van der Waals surface area contributed by atoms with Crippen molar-refractivity contribution in [2.24, 2.45) is 0 Å². The van der Waals surface area contributed by atoms with Crippen LogP contribution in [-0.2, 0) is 14.0 Å². The highest BCUT2D eigenvalue weighted by Crippen LogP contribution is 2.29. The van der Waals surface area contributed by atoms with Crippen molar-refractivity contribution in [3.05, 3.63) is 0 Å². The first-order valence-electron chi connectivity index (χ1n) is 8.04. The van der Waals surface area contributed by atoms with Gasteiger partial charge in [-0.15, -0.1) is 0 Å². The zero-order valence-electron chi connectivity index (χ0n) is 13.8. The smallest absolute Gasteiger partial charge is 0.308 e. The molecule has 0 atom stereocenters. The van der Waals surface area contributed by atoms with E-state index in [1.165, 1.54) is 45.2 Å². The minimum Gasteiger partial charge on any atom is -0.308 e. The lowest BCUT2D eigenvalue weighted by molar-refractivity contribution is -0.0503. The van der Waals surface area contributed by atoms with Crippen LogP contribution in [0.5, 0.6) is 0 Å². The Balaban J connectivity index is 3.86. The van der Waals surface area contributed by atoms with E-state index in [0.29, 0.717) is 6.04 Å². The Morgan fingerprint density at radius 3 is 1.68 bits per heavy atom. The molecule has 0 saturated heterocycles. The Kier molecular flexibility index (Phi) is 9.89. The van der Waals surface area contributed by atoms with Crippen LogP contribution in [0.2, 0.25) is 19.1 Å². The Morgan fingerprint density at radius 2 is 1.27 bits per heavy atom. The molecule has 0 fully saturated rings. The van der Waals surface area contributed by atoms with Crippen molar-refractivity contribution >= 4 is 18.4 Å². The van der Waals surface area contributed by atoms with Gasteiger partial charge < -0.3 is 3.87 Å². The van der Waals surface area contributed by atoms with Crippen LogP contribution in [0.4, 0.5) is 13.2 Å². The van der Waals surface area contributed by atoms with Gasteiger partial charge in [0.1, 0.15) is 0 Å². The molecular weight excluding hydrogens is 333 g/mol. The van der Waals surface area contributed by atoms with E-state index in [1.807, 2.05) is 0 Å². The molecule has 0 N–H and O–H groups in total. The third-order valence-corrected chi connectivity index (χ3v) is 8.31. The van der Waals surface area contributed by atoms with E-state index in [-0.39, 0.29) is 0 Å². The Hall–Kier alpha value is -0.0831. The monoisotopic (exact) mass is 362 g/mol. The van der Waals surface area contributed by atoms with Gasteiger partial charge in [0.25, 0.3) is 0 Å². The third kappa shape index (κ3) is 9.84. The summed E-state index contributed by atoms with van der Waals surface area (Å²) in [5.74, 6) is 0. The van der Waals surface area contributed by atoms with E-state index >= 15 is 0 Å². The number of halogens is 3. The summed E-state index contributed by atoms with van der Waals surface area (Å²) in [7, 11) is -8.30. The van der Waals surface area contributed by atoms with Crippen molar-refractivity contribution in [1.82, 2.24) is 0 Å². The zero-order valence-corrected chi connectivity index (χ0v) is 15.7. The molecule has 3 nitrogen and oxygen atoms in total. The van der Waals surface area contributed by atoms with E-state index in [1.54, 1.807) is 0 Å². The standard InChI is InChI=1S/C14H29F3O3SSi/c1-4-5-6-7-8-9-10-11-12-13-22(2,3)20-21(18,19)14(15,16)17/h4-13H2,1-3H3. The first kappa shape index (κ1) is 21.9. The average molecular weight is 363 g/mol. The quantitative estimate of drug-likeness (QED) is 0.258. The summed E-state index contributed by atoms with van der Waals surface area (Å²) in [5, 5.41) is 0. The van der Waals surface area contributed by atoms with Gasteiger partial charge in [-0.05, 0) is 19.1 Å². The zero-order chi connectivity index (χ0) is 17.3. The molecule has 0 aromatic rings. The van der Waals surface area contributed by atoms with Crippen LogP contribution < -0.4 is 0 Å². The van der Waals surface area contributed by atoms with Crippen LogP contribution >= 0.6 is 0 Å². The maximum Gasteiger partial charge on any atom is 0.522 e. The maximum absolute atomic E-state index is 12.3. The fourth-order valence-corrected chi connectivity index (χ4v) is 6.44. The van der Waals surface area contributed by atoms with E-state index in [0.717, 1.165) is 25.7 Å². The lowest BCUT2D eigenvalue weighted by Gasteiger charge is -2.22. The predicted octanol–water partition coefficient (Wildman–Crippen LogP) is 5.59. The molecule has 0 aromatic heterocycles. The number of rotatable bonds is 12. The molecule has 0 bridgehead atoms. The van der Waals surface area contributed by atoms with Crippen LogP contribution in [-0.4, -0.2) is 22.2 Å². The molecule has 0 aliphatic heterocycles. The highest BCUT2D eigenvalue weighted by atomic mass is 32.2. The Morgan fingerprint density at radius 1 is 0.864 bits per heavy atom. The molecule has 0 aromatic carbocycles. The molecule has 0 amide bonds. The second kappa shape index (κ2) is 9.92. The van der Waals surface area contributed by atoms with Gasteiger partial charge >= 0.3 is 15.6 Å². The number of alkyl halides is 3. The topological polar surface area (TPSA) is 43.4 Å². The molecule has 0 radical (unpaired) electrons. The number of hydrogen-bond donors (Lipinski definition) is 0. The first-order chi connectivity index (χ1) is 10.0. The fourth-order valence-electron chi connectivity index (χ4n) is 2.25. The summed E-state index contributed by atoms with van der Waals surface area (Å²) in [6, 6.07) is 0.429. The van der Waals surface area contributed by atoms with Crippen molar-refractivity contribution in [3.63, 3.8) is 0 Å². The molecule has 22 heavy (non-hydrogen) atoms. The molecule has 0 unspecified atom stereocenters. The Labute approximate surface area is 133 Å². The van der Waals surface area contributed by atoms with Gasteiger partial charge in [0.2, 0.25) is 8.32 Å². The minimum atomic E-state index is -5.45. The summed E-state index contributed by atoms with van der Waals surface area (Å²) in [6.45, 7) is 5.20. The molecule has 0 aliphatic rings. The lowest BCUT2D eigenvalue weighted by Crippen LogP contribution is -2.38. The van der Waals surface area contributed by atoms with E-state index in [4.69, 9.17) is 0 Å². The minimum absolute atomic E-state index is 0.429. The van der Waals surface area contributed by atoms with E-state index in [9.17, 15) is 21.6 Å². The summed E-state index contributed by atoms with van der Waals surface area (Å²) in [4.78, 5) is 0. The van der Waals surface area contributed by atoms with Crippen molar-refractivity contribution in [2.45, 2.75) is 89.4 Å². The Bertz CT molecular complexity index is 395. The van der Waals surface area contributed by atoms with Gasteiger partial charge in [-0.2, -0.15) is 21.6 Å². The van der Waals surface area contributed by atoms with Crippen LogP contribution in [0.3, 0.4) is 0 Å². The first-order valence-corrected chi connectivity index (χ1v) is 12.6. The van der Waals surface area contributed by atoms with Crippen LogP contribution in [0.15, 0.2) is 0 Å². The predicted molar refractivity (Wildman–Crippen MR) is 85.6 cm³/mol. The van der Waals surface area contributed by atoms with Crippen LogP contribution in [0.1, 0.15) is 64.7 Å². The average Bonchev–Trinajstić information content (AvgIpc) is 2.34. The summed E-state index contributed by atoms with van der Waals surface area (Å²) in [6.07, 6.45) is 10.0. The number of hydrogen-bond acceptors (Lipinski definition) is 3. The second-order valence-electron chi connectivity index (χ2n) is 6.32. The van der Waals surface area contributed by atoms with Crippen molar-refractivity contribution in [3.8, 4) is 0 Å². The molecule has 8 heteroatoms. The van der Waals surface area contributed by atoms with Crippen molar-refractivity contribution in [1.29, 1.82) is 0 Å². The largest absolute Gasteiger partial charge is 0.522 e. The third-order valence-electron chi connectivity index (χ3n) is 3.50. The van der Waals surface area contributed by atoms with Gasteiger partial charge in [-0.1, -0.05) is 64.7 Å². The summed E-state index contributed by atoms with van der Waals surface area (Å²) < 4.78 is 63.3. The molecule has 0 rings (SSSR count). The highest BCUT2D eigenvalue weighted by Gasteiger charge is 2.50. The number of unbranched alkanes of at least 4 members (excludes halogenated alkanes) is 8. The highest BCUT2D eigenvalue weighted by molar-refractivity contribution is 7.88. The SMILES string of the molecule is CCCCCCCCCCC[Si](C)(C)OS(=O)(=O)C(F)(F)F. The van der Waals surface area contributed by atoms with Crippen LogP contribution in [0, 0.1) is 0 Å². The van der Waals surface area contributed by atoms with Gasteiger partial charge in [-0.25, -0.2) is 0 Å². The normalized spacial score (nSPS) is 13.5. The van der Waals surface area contributed by atoms with Gasteiger partial charge in [0.15, 0.2) is 0 Å². The molecule has 0 saturated carbocycles. The van der Waals surface area contributed by atoms with Gasteiger partial charge in [0, 0.05) is 0 Å². The molecule has 134 valence electrons. The lowest BCUT2D eigenvalue weighted by atomic mass is 10.1. The molecule has 0 spiro atoms. The summed E-state index contributed by atoms with van der Waals surface area (Å²) in [5.41, 5.74) is -5.32. The van der Waals surface area contributed by atoms with E-state index < -0.39 is 23.9 Å².